The minimum atomic E-state index is -0.363. The van der Waals surface area contributed by atoms with Gasteiger partial charge in [0.05, 0.1) is 17.8 Å². The number of carbonyl (C=O) groups excluding carboxylic acids is 1. The van der Waals surface area contributed by atoms with Crippen LogP contribution in [0.5, 0.6) is 11.5 Å². The highest BCUT2D eigenvalue weighted by molar-refractivity contribution is 5.93. The quantitative estimate of drug-likeness (QED) is 0.172. The summed E-state index contributed by atoms with van der Waals surface area (Å²) in [4.78, 5) is 21.4. The molecule has 0 unspecified atom stereocenters. The van der Waals surface area contributed by atoms with Crippen molar-refractivity contribution < 1.29 is 19.0 Å². The molecule has 1 aromatic heterocycles. The average molecular weight is 568 g/mol. The van der Waals surface area contributed by atoms with E-state index >= 15 is 4.39 Å². The number of benzene rings is 2. The molecule has 1 aliphatic heterocycles. The molecule has 41 heavy (non-hydrogen) atoms. The van der Waals surface area contributed by atoms with Crippen LogP contribution in [0.1, 0.15) is 70.4 Å². The van der Waals surface area contributed by atoms with E-state index in [1.807, 2.05) is 32.9 Å². The van der Waals surface area contributed by atoms with Crippen LogP contribution in [-0.2, 0) is 4.79 Å². The molecule has 0 saturated carbocycles. The number of hydrogen-bond acceptors (Lipinski definition) is 8. The molecule has 2 aromatic carbocycles. The number of hydrogen-bond donors (Lipinski definition) is 3. The minimum absolute atomic E-state index is 0.0418. The van der Waals surface area contributed by atoms with E-state index in [2.05, 4.69) is 32.8 Å². The summed E-state index contributed by atoms with van der Waals surface area (Å²) in [7, 11) is 1.50. The fraction of sp³-hybridized carbons (Fsp3) is 0.469. The van der Waals surface area contributed by atoms with Gasteiger partial charge in [-0.2, -0.15) is 0 Å². The van der Waals surface area contributed by atoms with Crippen LogP contribution in [0, 0.1) is 12.7 Å². The SMILES string of the molecule is CC(C)=Cc1c(C)ccc(Nc2ncnc3cc(O)c(OCCCCC=O)cc23)c1F.CCCN1CCCC1.CN. The number of fused-ring (bicyclic) bond motifs is 1. The first-order chi connectivity index (χ1) is 19.8. The average Bonchev–Trinajstić information content (AvgIpc) is 3.48. The van der Waals surface area contributed by atoms with Crippen LogP contribution in [-0.4, -0.2) is 59.5 Å². The third-order valence-electron chi connectivity index (χ3n) is 6.51. The van der Waals surface area contributed by atoms with Gasteiger partial charge in [-0.05, 0) is 97.3 Å². The van der Waals surface area contributed by atoms with E-state index in [9.17, 15) is 9.90 Å². The first-order valence-electron chi connectivity index (χ1n) is 14.4. The summed E-state index contributed by atoms with van der Waals surface area (Å²) in [5.41, 5.74) is 7.66. The number of halogens is 1. The second kappa shape index (κ2) is 18.0. The summed E-state index contributed by atoms with van der Waals surface area (Å²) in [6.45, 7) is 12.3. The number of phenols is 1. The molecule has 3 aromatic rings. The molecule has 0 aliphatic carbocycles. The molecule has 0 amide bonds. The highest BCUT2D eigenvalue weighted by Crippen LogP contribution is 2.35. The Morgan fingerprint density at radius 3 is 2.56 bits per heavy atom. The molecule has 0 bridgehead atoms. The van der Waals surface area contributed by atoms with Gasteiger partial charge >= 0.3 is 0 Å². The summed E-state index contributed by atoms with van der Waals surface area (Å²) in [6.07, 6.45) is 10.1. The van der Waals surface area contributed by atoms with Gasteiger partial charge in [-0.3, -0.25) is 0 Å². The Kier molecular flexibility index (Phi) is 14.8. The smallest absolute Gasteiger partial charge is 0.161 e. The first-order valence-corrected chi connectivity index (χ1v) is 14.4. The third kappa shape index (κ3) is 10.4. The van der Waals surface area contributed by atoms with E-state index < -0.39 is 0 Å². The van der Waals surface area contributed by atoms with Crippen LogP contribution < -0.4 is 15.8 Å². The Labute approximate surface area is 243 Å². The molecule has 8 nitrogen and oxygen atoms in total. The Balaban J connectivity index is 0.000000500. The zero-order chi connectivity index (χ0) is 30.2. The standard InChI is InChI=1S/C24H26FN3O3.C7H15N.CH5N/c1-15(2)11-17-16(3)7-8-19(23(17)25)28-24-18-12-22(31-10-6-4-5-9-29)21(30)13-20(18)26-14-27-24;1-2-5-8-6-3-4-7-8;1-2/h7-9,11-14,30H,4-6,10H2,1-3H3,(H,26,27,28);2-7H2,1H3;2H2,1H3. The van der Waals surface area contributed by atoms with Crippen LogP contribution in [0.25, 0.3) is 17.0 Å². The van der Waals surface area contributed by atoms with Gasteiger partial charge in [0.2, 0.25) is 0 Å². The molecule has 224 valence electrons. The summed E-state index contributed by atoms with van der Waals surface area (Å²) in [5.74, 6) is 0.283. The molecule has 0 radical (unpaired) electrons. The number of aryl methyl sites for hydroxylation is 1. The Morgan fingerprint density at radius 2 is 1.90 bits per heavy atom. The first kappa shape index (κ1) is 33.6. The number of aromatic nitrogens is 2. The van der Waals surface area contributed by atoms with Crippen molar-refractivity contribution in [2.45, 2.75) is 66.2 Å². The molecular formula is C32H46FN5O3. The number of phenolic OH excluding ortho intramolecular Hbond substituents is 1. The van der Waals surface area contributed by atoms with Crippen molar-refractivity contribution in [1.29, 1.82) is 0 Å². The van der Waals surface area contributed by atoms with Gasteiger partial charge < -0.3 is 30.6 Å². The van der Waals surface area contributed by atoms with Gasteiger partial charge in [0.1, 0.15) is 18.4 Å². The van der Waals surface area contributed by atoms with Gasteiger partial charge in [-0.15, -0.1) is 0 Å². The number of nitrogens with two attached hydrogens (primary N) is 1. The van der Waals surface area contributed by atoms with Crippen LogP contribution in [0.2, 0.25) is 0 Å². The van der Waals surface area contributed by atoms with Gasteiger partial charge in [-0.1, -0.05) is 24.6 Å². The lowest BCUT2D eigenvalue weighted by Gasteiger charge is -2.14. The highest BCUT2D eigenvalue weighted by atomic mass is 19.1. The van der Waals surface area contributed by atoms with Crippen molar-refractivity contribution in [3.63, 3.8) is 0 Å². The van der Waals surface area contributed by atoms with E-state index in [-0.39, 0.29) is 17.3 Å². The topological polar surface area (TPSA) is 114 Å². The lowest BCUT2D eigenvalue weighted by atomic mass is 10.0. The zero-order valence-corrected chi connectivity index (χ0v) is 25.2. The number of aldehydes is 1. The van der Waals surface area contributed by atoms with E-state index in [0.717, 1.165) is 17.4 Å². The number of allylic oxidation sites excluding steroid dienone is 1. The monoisotopic (exact) mass is 567 g/mol. The lowest BCUT2D eigenvalue weighted by molar-refractivity contribution is -0.107. The number of nitrogens with zero attached hydrogens (tertiary/aromatic N) is 3. The maximum atomic E-state index is 15.2. The number of nitrogens with one attached hydrogen (secondary N) is 1. The number of likely N-dealkylation sites (tertiary alicyclic amines) is 1. The van der Waals surface area contributed by atoms with Crippen LogP contribution in [0.3, 0.4) is 0 Å². The molecule has 0 atom stereocenters. The normalized spacial score (nSPS) is 12.6. The van der Waals surface area contributed by atoms with Crippen LogP contribution in [0.4, 0.5) is 15.9 Å². The Hall–Kier alpha value is -3.56. The second-order valence-electron chi connectivity index (χ2n) is 10.1. The van der Waals surface area contributed by atoms with E-state index in [1.165, 1.54) is 58.3 Å². The van der Waals surface area contributed by atoms with Gasteiger partial charge in [0, 0.05) is 23.4 Å². The summed E-state index contributed by atoms with van der Waals surface area (Å²) in [6, 6.07) is 6.65. The molecule has 2 heterocycles. The van der Waals surface area contributed by atoms with Gasteiger partial charge in [0.15, 0.2) is 17.3 Å². The molecule has 9 heteroatoms. The van der Waals surface area contributed by atoms with E-state index in [1.54, 1.807) is 12.1 Å². The maximum absolute atomic E-state index is 15.2. The van der Waals surface area contributed by atoms with Gasteiger partial charge in [-0.25, -0.2) is 14.4 Å². The molecular weight excluding hydrogens is 521 g/mol. The number of rotatable bonds is 11. The molecule has 4 N–H and O–H groups in total. The Morgan fingerprint density at radius 1 is 1.17 bits per heavy atom. The predicted octanol–water partition coefficient (Wildman–Crippen LogP) is 6.76. The van der Waals surface area contributed by atoms with Crippen molar-refractivity contribution in [2.24, 2.45) is 5.73 Å². The van der Waals surface area contributed by atoms with E-state index in [4.69, 9.17) is 4.74 Å². The molecule has 1 aliphatic rings. The number of unbranched alkanes of at least 4 members (excludes halogenated alkanes) is 2. The maximum Gasteiger partial charge on any atom is 0.161 e. The number of anilines is 2. The van der Waals surface area contributed by atoms with Crippen LogP contribution in [0.15, 0.2) is 36.2 Å². The molecule has 4 rings (SSSR count). The summed E-state index contributed by atoms with van der Waals surface area (Å²) < 4.78 is 20.8. The fourth-order valence-electron chi connectivity index (χ4n) is 4.50. The van der Waals surface area contributed by atoms with Crippen molar-refractivity contribution in [3.05, 3.63) is 53.1 Å². The zero-order valence-electron chi connectivity index (χ0n) is 25.2. The number of aromatic hydroxyl groups is 1. The minimum Gasteiger partial charge on any atom is -0.504 e. The second-order valence-corrected chi connectivity index (χ2v) is 10.1. The third-order valence-corrected chi connectivity index (χ3v) is 6.51. The Bertz CT molecular complexity index is 1270. The van der Waals surface area contributed by atoms with Crippen molar-refractivity contribution in [1.82, 2.24) is 14.9 Å². The van der Waals surface area contributed by atoms with Gasteiger partial charge in [0.25, 0.3) is 0 Å². The lowest BCUT2D eigenvalue weighted by Crippen LogP contribution is -2.19. The van der Waals surface area contributed by atoms with E-state index in [0.29, 0.717) is 53.8 Å². The molecule has 0 spiro atoms. The number of carbonyl (C=O) groups is 1. The predicted molar refractivity (Wildman–Crippen MR) is 166 cm³/mol. The molecule has 1 fully saturated rings. The highest BCUT2D eigenvalue weighted by Gasteiger charge is 2.14. The fourth-order valence-corrected chi connectivity index (χ4v) is 4.50. The summed E-state index contributed by atoms with van der Waals surface area (Å²) in [5, 5.41) is 13.9. The number of ether oxygens (including phenoxy) is 1. The molecule has 1 saturated heterocycles. The largest absolute Gasteiger partial charge is 0.504 e. The van der Waals surface area contributed by atoms with Crippen molar-refractivity contribution >= 4 is 34.8 Å². The van der Waals surface area contributed by atoms with Crippen LogP contribution >= 0.6 is 0 Å². The summed E-state index contributed by atoms with van der Waals surface area (Å²) >= 11 is 0. The van der Waals surface area contributed by atoms with Crippen molar-refractivity contribution in [2.75, 3.05) is 38.6 Å². The van der Waals surface area contributed by atoms with Crippen molar-refractivity contribution in [3.8, 4) is 11.5 Å².